The molecule has 0 aromatic heterocycles. The molecule has 78 valence electrons. The summed E-state index contributed by atoms with van der Waals surface area (Å²) in [7, 11) is -1.78. The Bertz CT molecular complexity index is 552. The van der Waals surface area contributed by atoms with Crippen molar-refractivity contribution in [3.8, 4) is 28.0 Å². The highest BCUT2D eigenvalue weighted by Gasteiger charge is 2.26. The van der Waals surface area contributed by atoms with Gasteiger partial charge < -0.3 is 14.7 Å². The van der Waals surface area contributed by atoms with Gasteiger partial charge in [0.2, 0.25) is 0 Å². The highest BCUT2D eigenvalue weighted by atomic mass is 16.6. The molecule has 3 rings (SSSR count). The van der Waals surface area contributed by atoms with Crippen LogP contribution in [0.5, 0.6) is 5.75 Å². The highest BCUT2D eigenvalue weighted by molar-refractivity contribution is 6.34. The smallest absolute Gasteiger partial charge is 0.511 e. The van der Waals surface area contributed by atoms with Crippen LogP contribution < -0.4 is 4.65 Å². The van der Waals surface area contributed by atoms with E-state index in [0.717, 1.165) is 16.7 Å². The van der Waals surface area contributed by atoms with E-state index in [9.17, 15) is 0 Å². The standard InChI is InChI=1S/C12H9BO3/c14-13(15)16-11-7-3-6-10-8-4-1-2-5-9(8)12(10)11/h1-7,14-15H. The van der Waals surface area contributed by atoms with Crippen LogP contribution in [0.3, 0.4) is 0 Å². The molecule has 4 heteroatoms. The van der Waals surface area contributed by atoms with Gasteiger partial charge in [-0.1, -0.05) is 36.4 Å². The second-order valence-corrected chi connectivity index (χ2v) is 3.67. The van der Waals surface area contributed by atoms with Crippen molar-refractivity contribution in [1.82, 2.24) is 0 Å². The molecule has 0 radical (unpaired) electrons. The molecule has 0 aliphatic heterocycles. The summed E-state index contributed by atoms with van der Waals surface area (Å²) < 4.78 is 4.95. The van der Waals surface area contributed by atoms with Crippen molar-refractivity contribution in [2.45, 2.75) is 0 Å². The van der Waals surface area contributed by atoms with E-state index in [4.69, 9.17) is 14.7 Å². The highest BCUT2D eigenvalue weighted by Crippen LogP contribution is 2.51. The van der Waals surface area contributed by atoms with Gasteiger partial charge in [-0.2, -0.15) is 0 Å². The van der Waals surface area contributed by atoms with Crippen LogP contribution in [-0.2, 0) is 0 Å². The van der Waals surface area contributed by atoms with Crippen molar-refractivity contribution in [2.75, 3.05) is 0 Å². The van der Waals surface area contributed by atoms with E-state index < -0.39 is 7.32 Å². The Kier molecular flexibility index (Phi) is 1.99. The first kappa shape index (κ1) is 9.45. The lowest BCUT2D eigenvalue weighted by molar-refractivity contribution is 0.288. The number of rotatable bonds is 2. The fourth-order valence-electron chi connectivity index (χ4n) is 2.12. The molecule has 2 aromatic carbocycles. The molecule has 1 aliphatic rings. The molecule has 0 saturated carbocycles. The van der Waals surface area contributed by atoms with Crippen molar-refractivity contribution in [2.24, 2.45) is 0 Å². The van der Waals surface area contributed by atoms with E-state index in [2.05, 4.69) is 0 Å². The molecule has 0 atom stereocenters. The average Bonchev–Trinajstić information content (AvgIpc) is 2.24. The minimum atomic E-state index is -1.78. The van der Waals surface area contributed by atoms with E-state index in [1.807, 2.05) is 36.4 Å². The van der Waals surface area contributed by atoms with Crippen molar-refractivity contribution >= 4 is 7.32 Å². The van der Waals surface area contributed by atoms with Gasteiger partial charge in [-0.15, -0.1) is 0 Å². The summed E-state index contributed by atoms with van der Waals surface area (Å²) in [5, 5.41) is 17.7. The molecule has 1 aliphatic carbocycles. The first-order valence-corrected chi connectivity index (χ1v) is 5.03. The molecule has 0 spiro atoms. The van der Waals surface area contributed by atoms with Crippen LogP contribution in [0, 0.1) is 0 Å². The van der Waals surface area contributed by atoms with Crippen LogP contribution in [0.2, 0.25) is 0 Å². The van der Waals surface area contributed by atoms with Gasteiger partial charge in [0.1, 0.15) is 5.75 Å². The third-order valence-corrected chi connectivity index (χ3v) is 2.75. The summed E-state index contributed by atoms with van der Waals surface area (Å²) in [5.41, 5.74) is 4.31. The van der Waals surface area contributed by atoms with Gasteiger partial charge in [-0.3, -0.25) is 0 Å². The topological polar surface area (TPSA) is 49.7 Å². The van der Waals surface area contributed by atoms with Crippen LogP contribution in [0.15, 0.2) is 42.5 Å². The Morgan fingerprint density at radius 2 is 1.50 bits per heavy atom. The van der Waals surface area contributed by atoms with Gasteiger partial charge in [-0.05, 0) is 22.8 Å². The van der Waals surface area contributed by atoms with Crippen molar-refractivity contribution in [1.29, 1.82) is 0 Å². The first-order valence-electron chi connectivity index (χ1n) is 5.03. The molecule has 2 aromatic rings. The third kappa shape index (κ3) is 1.24. The molecule has 0 bridgehead atoms. The fraction of sp³-hybridized carbons (Fsp3) is 0. The van der Waals surface area contributed by atoms with Gasteiger partial charge in [0.25, 0.3) is 0 Å². The van der Waals surface area contributed by atoms with Gasteiger partial charge in [0.05, 0.1) is 0 Å². The molecule has 2 N–H and O–H groups in total. The van der Waals surface area contributed by atoms with Crippen LogP contribution in [-0.4, -0.2) is 17.4 Å². The Labute approximate surface area is 93.1 Å². The van der Waals surface area contributed by atoms with Crippen molar-refractivity contribution in [3.05, 3.63) is 42.5 Å². The SMILES string of the molecule is OB(O)Oc1cccc2c1-c1ccccc1-2. The monoisotopic (exact) mass is 212 g/mol. The van der Waals surface area contributed by atoms with Crippen LogP contribution in [0.4, 0.5) is 0 Å². The Balaban J connectivity index is 2.11. The number of benzene rings is 2. The zero-order chi connectivity index (χ0) is 11.1. The minimum absolute atomic E-state index is 0.506. The molecule has 0 fully saturated rings. The predicted octanol–water partition coefficient (Wildman–Crippen LogP) is 1.68. The van der Waals surface area contributed by atoms with Gasteiger partial charge >= 0.3 is 7.32 Å². The molecule has 0 saturated heterocycles. The Morgan fingerprint density at radius 3 is 2.25 bits per heavy atom. The van der Waals surface area contributed by atoms with E-state index in [-0.39, 0.29) is 0 Å². The van der Waals surface area contributed by atoms with E-state index >= 15 is 0 Å². The molecular weight excluding hydrogens is 203 g/mol. The maximum atomic E-state index is 8.83. The third-order valence-electron chi connectivity index (χ3n) is 2.75. The van der Waals surface area contributed by atoms with Gasteiger partial charge in [0.15, 0.2) is 0 Å². The summed E-state index contributed by atoms with van der Waals surface area (Å²) >= 11 is 0. The average molecular weight is 212 g/mol. The zero-order valence-electron chi connectivity index (χ0n) is 8.42. The van der Waals surface area contributed by atoms with Crippen molar-refractivity contribution in [3.63, 3.8) is 0 Å². The predicted molar refractivity (Wildman–Crippen MR) is 61.7 cm³/mol. The molecule has 0 heterocycles. The molecule has 0 unspecified atom stereocenters. The van der Waals surface area contributed by atoms with Crippen molar-refractivity contribution < 1.29 is 14.7 Å². The lowest BCUT2D eigenvalue weighted by Gasteiger charge is -2.26. The van der Waals surface area contributed by atoms with E-state index in [0.29, 0.717) is 5.75 Å². The van der Waals surface area contributed by atoms with Gasteiger partial charge in [-0.25, -0.2) is 0 Å². The summed E-state index contributed by atoms with van der Waals surface area (Å²) in [5.74, 6) is 0.506. The number of hydrogen-bond donors (Lipinski definition) is 2. The summed E-state index contributed by atoms with van der Waals surface area (Å²) in [4.78, 5) is 0. The second-order valence-electron chi connectivity index (χ2n) is 3.67. The quantitative estimate of drug-likeness (QED) is 0.635. The van der Waals surface area contributed by atoms with Crippen LogP contribution in [0.25, 0.3) is 22.3 Å². The molecule has 0 amide bonds. The molecule has 16 heavy (non-hydrogen) atoms. The fourth-order valence-corrected chi connectivity index (χ4v) is 2.12. The maximum absolute atomic E-state index is 8.83. The van der Waals surface area contributed by atoms with Gasteiger partial charge in [0, 0.05) is 5.56 Å². The molecule has 3 nitrogen and oxygen atoms in total. The van der Waals surface area contributed by atoms with E-state index in [1.54, 1.807) is 6.07 Å². The Hall–Kier alpha value is -1.78. The lowest BCUT2D eigenvalue weighted by atomic mass is 9.80. The summed E-state index contributed by atoms with van der Waals surface area (Å²) in [6, 6.07) is 13.5. The first-order chi connectivity index (χ1) is 7.77. The van der Waals surface area contributed by atoms with Crippen LogP contribution >= 0.6 is 0 Å². The second kappa shape index (κ2) is 3.37. The Morgan fingerprint density at radius 1 is 0.812 bits per heavy atom. The van der Waals surface area contributed by atoms with E-state index in [1.165, 1.54) is 5.56 Å². The number of hydrogen-bond acceptors (Lipinski definition) is 3. The number of fused-ring (bicyclic) bond motifs is 4. The minimum Gasteiger partial charge on any atom is -0.511 e. The largest absolute Gasteiger partial charge is 0.707 e. The maximum Gasteiger partial charge on any atom is 0.707 e. The molecular formula is C12H9BO3. The summed E-state index contributed by atoms with van der Waals surface area (Å²) in [6.07, 6.45) is 0. The zero-order valence-corrected chi connectivity index (χ0v) is 8.42. The normalized spacial score (nSPS) is 11.1. The summed E-state index contributed by atoms with van der Waals surface area (Å²) in [6.45, 7) is 0. The van der Waals surface area contributed by atoms with Crippen LogP contribution in [0.1, 0.15) is 0 Å². The lowest BCUT2D eigenvalue weighted by Crippen LogP contribution is -2.21.